The van der Waals surface area contributed by atoms with Gasteiger partial charge in [-0.2, -0.15) is 0 Å². The number of H-pyrrole nitrogens is 3. The van der Waals surface area contributed by atoms with E-state index in [9.17, 15) is 0 Å². The number of benzene rings is 7. The highest BCUT2D eigenvalue weighted by Crippen LogP contribution is 2.47. The van der Waals surface area contributed by atoms with Gasteiger partial charge in [0, 0.05) is 48.9 Å². The summed E-state index contributed by atoms with van der Waals surface area (Å²) in [5.41, 5.74) is 7.04. The number of hydrogen-bond acceptors (Lipinski definition) is 0. The lowest BCUT2D eigenvalue weighted by Crippen LogP contribution is -1.79. The number of fused-ring (bicyclic) bond motifs is 18. The molecule has 0 fully saturated rings. The second-order valence-corrected chi connectivity index (χ2v) is 10.8. The Morgan fingerprint density at radius 2 is 0.590 bits per heavy atom. The van der Waals surface area contributed by atoms with Gasteiger partial charge in [-0.15, -0.1) is 0 Å². The molecule has 10 aromatic rings. The second-order valence-electron chi connectivity index (χ2n) is 10.8. The average Bonchev–Trinajstić information content (AvgIpc) is 3.68. The molecular formula is C36H21N3. The lowest BCUT2D eigenvalue weighted by atomic mass is 9.97. The van der Waals surface area contributed by atoms with Crippen molar-refractivity contribution in [2.45, 2.75) is 0 Å². The standard InChI is InChI=1S/C36H21N3/c1-4-10-22-19(7-1)13-16-25-28(22)31-34(37-25)32-30-24-12-6-3-9-21(24)15-18-27(30)39-36(32)33-29-23-11-5-2-8-20(23)14-17-26(29)38-35(31)33/h1-18,37-39H. The van der Waals surface area contributed by atoms with Crippen LogP contribution in [-0.2, 0) is 0 Å². The smallest absolute Gasteiger partial charge is 0.0588 e. The highest BCUT2D eigenvalue weighted by Gasteiger charge is 2.23. The summed E-state index contributed by atoms with van der Waals surface area (Å²) in [5.74, 6) is 0. The minimum atomic E-state index is 1.16. The van der Waals surface area contributed by atoms with E-state index in [0.29, 0.717) is 0 Å². The predicted octanol–water partition coefficient (Wildman–Crippen LogP) is 10.0. The van der Waals surface area contributed by atoms with Gasteiger partial charge >= 0.3 is 0 Å². The van der Waals surface area contributed by atoms with E-state index in [-0.39, 0.29) is 0 Å². The first kappa shape index (κ1) is 19.8. The summed E-state index contributed by atoms with van der Waals surface area (Å²) in [4.78, 5) is 11.7. The maximum atomic E-state index is 3.89. The van der Waals surface area contributed by atoms with Crippen LogP contribution in [0.4, 0.5) is 0 Å². The predicted molar refractivity (Wildman–Crippen MR) is 167 cm³/mol. The third kappa shape index (κ3) is 2.35. The van der Waals surface area contributed by atoms with Gasteiger partial charge in [0.05, 0.1) is 16.6 Å². The largest absolute Gasteiger partial charge is 0.354 e. The molecule has 0 unspecified atom stereocenters. The molecule has 180 valence electrons. The molecule has 0 aliphatic heterocycles. The van der Waals surface area contributed by atoms with Crippen molar-refractivity contribution >= 4 is 97.7 Å². The fourth-order valence-electron chi connectivity index (χ4n) is 7.21. The first-order valence-electron chi connectivity index (χ1n) is 13.5. The zero-order valence-corrected chi connectivity index (χ0v) is 20.9. The summed E-state index contributed by atoms with van der Waals surface area (Å²) in [6, 6.07) is 39.6. The minimum Gasteiger partial charge on any atom is -0.354 e. The number of rotatable bonds is 0. The first-order chi connectivity index (χ1) is 19.3. The van der Waals surface area contributed by atoms with E-state index in [1.165, 1.54) is 81.2 Å². The summed E-state index contributed by atoms with van der Waals surface area (Å²) in [5, 5.41) is 15.2. The van der Waals surface area contributed by atoms with Crippen LogP contribution in [0.1, 0.15) is 0 Å². The van der Waals surface area contributed by atoms with E-state index in [1.54, 1.807) is 0 Å². The highest BCUT2D eigenvalue weighted by molar-refractivity contribution is 6.43. The Hall–Kier alpha value is -5.28. The molecule has 3 nitrogen and oxygen atoms in total. The zero-order chi connectivity index (χ0) is 25.2. The molecule has 7 aromatic carbocycles. The molecule has 10 rings (SSSR count). The average molecular weight is 496 g/mol. The number of aromatic nitrogens is 3. The summed E-state index contributed by atoms with van der Waals surface area (Å²) in [6.07, 6.45) is 0. The molecular weight excluding hydrogens is 474 g/mol. The molecule has 0 bridgehead atoms. The van der Waals surface area contributed by atoms with E-state index in [4.69, 9.17) is 0 Å². The van der Waals surface area contributed by atoms with Crippen molar-refractivity contribution in [3.8, 4) is 0 Å². The fraction of sp³-hybridized carbons (Fsp3) is 0. The van der Waals surface area contributed by atoms with Gasteiger partial charge in [0.1, 0.15) is 0 Å². The Balaban J connectivity index is 1.62. The lowest BCUT2D eigenvalue weighted by Gasteiger charge is -2.04. The summed E-state index contributed by atoms with van der Waals surface area (Å²) in [7, 11) is 0. The van der Waals surface area contributed by atoms with Crippen LogP contribution in [0.5, 0.6) is 0 Å². The van der Waals surface area contributed by atoms with Crippen molar-refractivity contribution in [2.75, 3.05) is 0 Å². The van der Waals surface area contributed by atoms with Crippen LogP contribution < -0.4 is 0 Å². The molecule has 0 aliphatic carbocycles. The SMILES string of the molecule is c1ccc2c(c1)ccc1[nH]c3c(c4[nH]c5ccc6ccccc6c5c4c4[nH]c5ccc6ccccc6c5c34)c12. The molecule has 0 saturated heterocycles. The van der Waals surface area contributed by atoms with E-state index in [2.05, 4.69) is 124 Å². The van der Waals surface area contributed by atoms with E-state index in [0.717, 1.165) is 16.6 Å². The number of nitrogens with one attached hydrogen (secondary N) is 3. The summed E-state index contributed by atoms with van der Waals surface area (Å²) >= 11 is 0. The van der Waals surface area contributed by atoms with Gasteiger partial charge in [-0.25, -0.2) is 0 Å². The Bertz CT molecular complexity index is 2340. The molecule has 3 heteroatoms. The van der Waals surface area contributed by atoms with Gasteiger partial charge in [0.15, 0.2) is 0 Å². The van der Waals surface area contributed by atoms with Crippen LogP contribution in [0.3, 0.4) is 0 Å². The van der Waals surface area contributed by atoms with Gasteiger partial charge in [-0.05, 0) is 50.5 Å². The third-order valence-corrected chi connectivity index (χ3v) is 8.82. The third-order valence-electron chi connectivity index (χ3n) is 8.82. The van der Waals surface area contributed by atoms with Crippen molar-refractivity contribution in [3.05, 3.63) is 109 Å². The quantitative estimate of drug-likeness (QED) is 0.187. The Morgan fingerprint density at radius 1 is 0.282 bits per heavy atom. The fourth-order valence-corrected chi connectivity index (χ4v) is 7.21. The Kier molecular flexibility index (Phi) is 3.44. The van der Waals surface area contributed by atoms with Gasteiger partial charge in [-0.1, -0.05) is 91.0 Å². The van der Waals surface area contributed by atoms with Crippen LogP contribution in [0.2, 0.25) is 0 Å². The molecule has 3 aromatic heterocycles. The minimum absolute atomic E-state index is 1.16. The van der Waals surface area contributed by atoms with Gasteiger partial charge in [0.25, 0.3) is 0 Å². The molecule has 3 heterocycles. The van der Waals surface area contributed by atoms with Gasteiger partial charge in [0.2, 0.25) is 0 Å². The topological polar surface area (TPSA) is 47.4 Å². The number of hydrogen-bond donors (Lipinski definition) is 3. The Morgan fingerprint density at radius 3 is 0.923 bits per heavy atom. The first-order valence-corrected chi connectivity index (χ1v) is 13.5. The number of aromatic amines is 3. The van der Waals surface area contributed by atoms with Gasteiger partial charge < -0.3 is 15.0 Å². The Labute approximate surface area is 221 Å². The molecule has 0 amide bonds. The van der Waals surface area contributed by atoms with Gasteiger partial charge in [-0.3, -0.25) is 0 Å². The highest BCUT2D eigenvalue weighted by atomic mass is 14.8. The van der Waals surface area contributed by atoms with Crippen molar-refractivity contribution in [3.63, 3.8) is 0 Å². The summed E-state index contributed by atoms with van der Waals surface area (Å²) in [6.45, 7) is 0. The van der Waals surface area contributed by atoms with E-state index >= 15 is 0 Å². The van der Waals surface area contributed by atoms with Crippen LogP contribution in [0, 0.1) is 0 Å². The van der Waals surface area contributed by atoms with Crippen LogP contribution in [0.25, 0.3) is 97.7 Å². The normalized spacial score (nSPS) is 12.6. The molecule has 0 spiro atoms. The van der Waals surface area contributed by atoms with E-state index in [1.807, 2.05) is 0 Å². The monoisotopic (exact) mass is 495 g/mol. The lowest BCUT2D eigenvalue weighted by molar-refractivity contribution is 1.55. The molecule has 39 heavy (non-hydrogen) atoms. The molecule has 0 aliphatic rings. The second kappa shape index (κ2) is 6.77. The molecule has 3 N–H and O–H groups in total. The molecule has 0 atom stereocenters. The van der Waals surface area contributed by atoms with E-state index < -0.39 is 0 Å². The summed E-state index contributed by atoms with van der Waals surface area (Å²) < 4.78 is 0. The zero-order valence-electron chi connectivity index (χ0n) is 20.9. The molecule has 0 saturated carbocycles. The van der Waals surface area contributed by atoms with Crippen molar-refractivity contribution in [1.82, 2.24) is 15.0 Å². The van der Waals surface area contributed by atoms with Crippen LogP contribution >= 0.6 is 0 Å². The maximum Gasteiger partial charge on any atom is 0.0588 e. The maximum absolute atomic E-state index is 3.89. The van der Waals surface area contributed by atoms with Crippen LogP contribution in [0.15, 0.2) is 109 Å². The van der Waals surface area contributed by atoms with Crippen LogP contribution in [-0.4, -0.2) is 15.0 Å². The molecule has 0 radical (unpaired) electrons. The van der Waals surface area contributed by atoms with Crippen molar-refractivity contribution < 1.29 is 0 Å². The van der Waals surface area contributed by atoms with Crippen molar-refractivity contribution in [1.29, 1.82) is 0 Å². The van der Waals surface area contributed by atoms with Crippen molar-refractivity contribution in [2.24, 2.45) is 0 Å².